The van der Waals surface area contributed by atoms with E-state index in [0.717, 1.165) is 23.3 Å². The highest BCUT2D eigenvalue weighted by Gasteiger charge is 2.19. The van der Waals surface area contributed by atoms with Gasteiger partial charge in [0.05, 0.1) is 0 Å². The number of hydrogen-bond donors (Lipinski definition) is 0. The molecule has 0 aromatic heterocycles. The van der Waals surface area contributed by atoms with Crippen LogP contribution in [-0.4, -0.2) is 30.9 Å². The zero-order valence-corrected chi connectivity index (χ0v) is 10.4. The van der Waals surface area contributed by atoms with Crippen LogP contribution >= 0.6 is 0 Å². The summed E-state index contributed by atoms with van der Waals surface area (Å²) in [5, 5.41) is 0. The molecule has 2 rings (SSSR count). The van der Waals surface area contributed by atoms with Gasteiger partial charge in [-0.05, 0) is 30.7 Å². The van der Waals surface area contributed by atoms with E-state index in [2.05, 4.69) is 0 Å². The lowest BCUT2D eigenvalue weighted by Crippen LogP contribution is -2.05. The summed E-state index contributed by atoms with van der Waals surface area (Å²) in [7, 11) is 3.78. The van der Waals surface area contributed by atoms with E-state index in [4.69, 9.17) is 4.74 Å². The van der Waals surface area contributed by atoms with Gasteiger partial charge in [0.15, 0.2) is 5.78 Å². The number of benzene rings is 1. The molecule has 0 spiro atoms. The fourth-order valence-electron chi connectivity index (χ4n) is 1.89. The summed E-state index contributed by atoms with van der Waals surface area (Å²) in [5.74, 6) is 0.937. The highest BCUT2D eigenvalue weighted by atomic mass is 16.5. The van der Waals surface area contributed by atoms with Crippen molar-refractivity contribution >= 4 is 5.78 Å². The molecule has 0 radical (unpaired) electrons. The Morgan fingerprint density at radius 3 is 2.94 bits per heavy atom. The molecule has 1 aliphatic rings. The van der Waals surface area contributed by atoms with Gasteiger partial charge in [0.1, 0.15) is 11.9 Å². The molecule has 0 amide bonds. The minimum atomic E-state index is 0.0288. The largest absolute Gasteiger partial charge is 0.490 e. The molecule has 0 saturated heterocycles. The zero-order valence-electron chi connectivity index (χ0n) is 10.4. The molecule has 1 aromatic rings. The number of hydrogen-bond acceptors (Lipinski definition) is 3. The van der Waals surface area contributed by atoms with Crippen LogP contribution in [0.2, 0.25) is 0 Å². The second-order valence-corrected chi connectivity index (χ2v) is 4.60. The van der Waals surface area contributed by atoms with E-state index in [1.54, 1.807) is 12.3 Å². The van der Waals surface area contributed by atoms with E-state index >= 15 is 0 Å². The van der Waals surface area contributed by atoms with Crippen LogP contribution < -0.4 is 4.74 Å². The molecule has 1 aliphatic heterocycles. The third-order valence-corrected chi connectivity index (χ3v) is 2.70. The molecule has 0 bridgehead atoms. The van der Waals surface area contributed by atoms with E-state index < -0.39 is 0 Å². The smallest absolute Gasteiger partial charge is 0.187 e. The highest BCUT2D eigenvalue weighted by molar-refractivity contribution is 6.04. The van der Waals surface area contributed by atoms with Crippen molar-refractivity contribution in [2.24, 2.45) is 0 Å². The molecule has 1 aromatic carbocycles. The summed E-state index contributed by atoms with van der Waals surface area (Å²) < 4.78 is 5.60. The SMILES string of the molecule is C[C@@H]1Cc2cc(C(=O)/C=C/N(C)C)ccc2O1. The third kappa shape index (κ3) is 2.67. The average Bonchev–Trinajstić information content (AvgIpc) is 2.64. The Bertz CT molecular complexity index is 463. The number of nitrogens with zero attached hydrogens (tertiary/aromatic N) is 1. The van der Waals surface area contributed by atoms with E-state index in [9.17, 15) is 4.79 Å². The van der Waals surface area contributed by atoms with E-state index in [1.165, 1.54) is 0 Å². The highest BCUT2D eigenvalue weighted by Crippen LogP contribution is 2.29. The second-order valence-electron chi connectivity index (χ2n) is 4.60. The van der Waals surface area contributed by atoms with Crippen LogP contribution in [0.15, 0.2) is 30.5 Å². The first-order valence-corrected chi connectivity index (χ1v) is 5.75. The van der Waals surface area contributed by atoms with Gasteiger partial charge in [0.2, 0.25) is 0 Å². The minimum absolute atomic E-state index is 0.0288. The topological polar surface area (TPSA) is 29.5 Å². The van der Waals surface area contributed by atoms with Gasteiger partial charge < -0.3 is 9.64 Å². The Morgan fingerprint density at radius 1 is 1.47 bits per heavy atom. The van der Waals surface area contributed by atoms with Crippen molar-refractivity contribution in [2.75, 3.05) is 14.1 Å². The molecule has 1 heterocycles. The Morgan fingerprint density at radius 2 is 2.24 bits per heavy atom. The Kier molecular flexibility index (Phi) is 3.18. The number of ether oxygens (including phenoxy) is 1. The first kappa shape index (κ1) is 11.7. The van der Waals surface area contributed by atoms with Crippen LogP contribution in [0, 0.1) is 0 Å². The van der Waals surface area contributed by atoms with Crippen molar-refractivity contribution in [1.82, 2.24) is 4.90 Å². The maximum absolute atomic E-state index is 11.9. The number of ketones is 1. The average molecular weight is 231 g/mol. The lowest BCUT2D eigenvalue weighted by atomic mass is 10.0. The molecule has 90 valence electrons. The quantitative estimate of drug-likeness (QED) is 0.590. The molecule has 0 unspecified atom stereocenters. The Balaban J connectivity index is 2.19. The van der Waals surface area contributed by atoms with Crippen LogP contribution in [0.25, 0.3) is 0 Å². The number of rotatable bonds is 3. The van der Waals surface area contributed by atoms with Crippen molar-refractivity contribution in [3.8, 4) is 5.75 Å². The molecule has 3 nitrogen and oxygen atoms in total. The number of carbonyl (C=O) groups excluding carboxylic acids is 1. The molecule has 0 aliphatic carbocycles. The molecule has 0 saturated carbocycles. The molecule has 0 fully saturated rings. The molecule has 3 heteroatoms. The summed E-state index contributed by atoms with van der Waals surface area (Å²) in [5.41, 5.74) is 1.85. The molecular formula is C14H17NO2. The summed E-state index contributed by atoms with van der Waals surface area (Å²) in [6.07, 6.45) is 4.44. The van der Waals surface area contributed by atoms with Gasteiger partial charge in [0.25, 0.3) is 0 Å². The first-order valence-electron chi connectivity index (χ1n) is 5.75. The van der Waals surface area contributed by atoms with Gasteiger partial charge in [-0.3, -0.25) is 4.79 Å². The van der Waals surface area contributed by atoms with Gasteiger partial charge >= 0.3 is 0 Å². The van der Waals surface area contributed by atoms with Gasteiger partial charge in [-0.25, -0.2) is 0 Å². The van der Waals surface area contributed by atoms with Crippen molar-refractivity contribution < 1.29 is 9.53 Å². The predicted octanol–water partition coefficient (Wildman–Crippen LogP) is 2.27. The summed E-state index contributed by atoms with van der Waals surface area (Å²) in [6, 6.07) is 5.63. The molecule has 0 N–H and O–H groups in total. The predicted molar refractivity (Wildman–Crippen MR) is 67.4 cm³/mol. The molecular weight excluding hydrogens is 214 g/mol. The van der Waals surface area contributed by atoms with Gasteiger partial charge in [-0.1, -0.05) is 0 Å². The van der Waals surface area contributed by atoms with E-state index in [0.29, 0.717) is 0 Å². The van der Waals surface area contributed by atoms with Crippen LogP contribution in [0.3, 0.4) is 0 Å². The maximum atomic E-state index is 11.9. The van der Waals surface area contributed by atoms with E-state index in [-0.39, 0.29) is 11.9 Å². The standard InChI is InChI=1S/C14H17NO2/c1-10-8-12-9-11(4-5-14(12)17-10)13(16)6-7-15(2)3/h4-7,9-10H,8H2,1-3H3/b7-6+/t10-/m1/s1. The maximum Gasteiger partial charge on any atom is 0.187 e. The Hall–Kier alpha value is -1.77. The summed E-state index contributed by atoms with van der Waals surface area (Å²) in [4.78, 5) is 13.7. The lowest BCUT2D eigenvalue weighted by molar-refractivity contribution is 0.104. The molecule has 1 atom stereocenters. The molecule has 17 heavy (non-hydrogen) atoms. The number of carbonyl (C=O) groups is 1. The number of fused-ring (bicyclic) bond motifs is 1. The monoisotopic (exact) mass is 231 g/mol. The third-order valence-electron chi connectivity index (χ3n) is 2.70. The minimum Gasteiger partial charge on any atom is -0.490 e. The van der Waals surface area contributed by atoms with Crippen molar-refractivity contribution in [2.45, 2.75) is 19.4 Å². The van der Waals surface area contributed by atoms with Crippen molar-refractivity contribution in [3.05, 3.63) is 41.6 Å². The van der Waals surface area contributed by atoms with Crippen LogP contribution in [0.1, 0.15) is 22.8 Å². The first-order chi connectivity index (χ1) is 8.06. The summed E-state index contributed by atoms with van der Waals surface area (Å²) >= 11 is 0. The van der Waals surface area contributed by atoms with Crippen LogP contribution in [0.5, 0.6) is 5.75 Å². The van der Waals surface area contributed by atoms with Gasteiger partial charge in [-0.2, -0.15) is 0 Å². The van der Waals surface area contributed by atoms with Crippen molar-refractivity contribution in [3.63, 3.8) is 0 Å². The normalized spacial score (nSPS) is 17.9. The summed E-state index contributed by atoms with van der Waals surface area (Å²) in [6.45, 7) is 2.04. The number of allylic oxidation sites excluding steroid dienone is 1. The fraction of sp³-hybridized carbons (Fsp3) is 0.357. The lowest BCUT2D eigenvalue weighted by Gasteiger charge is -2.04. The van der Waals surface area contributed by atoms with Crippen LogP contribution in [-0.2, 0) is 6.42 Å². The second kappa shape index (κ2) is 4.62. The van der Waals surface area contributed by atoms with Gasteiger partial charge in [0, 0.05) is 38.4 Å². The van der Waals surface area contributed by atoms with E-state index in [1.807, 2.05) is 44.1 Å². The Labute approximate surface area is 102 Å². The van der Waals surface area contributed by atoms with Crippen molar-refractivity contribution in [1.29, 1.82) is 0 Å². The fourth-order valence-corrected chi connectivity index (χ4v) is 1.89. The van der Waals surface area contributed by atoms with Gasteiger partial charge in [-0.15, -0.1) is 0 Å². The zero-order chi connectivity index (χ0) is 12.4. The van der Waals surface area contributed by atoms with Crippen LogP contribution in [0.4, 0.5) is 0 Å².